The fraction of sp³-hybridized carbons (Fsp3) is 0.333. The highest BCUT2D eigenvalue weighted by molar-refractivity contribution is 8.00. The van der Waals surface area contributed by atoms with Gasteiger partial charge in [0.2, 0.25) is 5.91 Å². The standard InChI is InChI=1S/C24H26ClN5O2S/c1-16(2)24(4,15-26)27-22(31)17(3)33-23-29-28-21(30(23)18-10-6-5-7-11-18)14-32-20-13-9-8-12-19(20)25/h5-13,16-17H,14H2,1-4H3,(H,27,31). The molecule has 1 amide bonds. The van der Waals surface area contributed by atoms with E-state index in [1.165, 1.54) is 11.8 Å². The van der Waals surface area contributed by atoms with Crippen molar-refractivity contribution in [1.82, 2.24) is 20.1 Å². The molecule has 2 unspecified atom stereocenters. The number of rotatable bonds is 9. The van der Waals surface area contributed by atoms with Crippen LogP contribution < -0.4 is 10.1 Å². The Labute approximate surface area is 203 Å². The molecule has 3 aromatic rings. The number of ether oxygens (including phenoxy) is 1. The molecule has 0 aliphatic rings. The van der Waals surface area contributed by atoms with Gasteiger partial charge in [-0.2, -0.15) is 5.26 Å². The number of para-hydroxylation sites is 2. The van der Waals surface area contributed by atoms with E-state index < -0.39 is 10.8 Å². The summed E-state index contributed by atoms with van der Waals surface area (Å²) < 4.78 is 7.74. The summed E-state index contributed by atoms with van der Waals surface area (Å²) in [5.74, 6) is 0.841. The van der Waals surface area contributed by atoms with Gasteiger partial charge in [-0.25, -0.2) is 0 Å². The van der Waals surface area contributed by atoms with Crippen LogP contribution in [0, 0.1) is 17.2 Å². The Balaban J connectivity index is 1.84. The lowest BCUT2D eigenvalue weighted by molar-refractivity contribution is -0.121. The predicted octanol–water partition coefficient (Wildman–Crippen LogP) is 5.03. The van der Waals surface area contributed by atoms with Crippen LogP contribution in [0.5, 0.6) is 5.75 Å². The number of halogens is 1. The summed E-state index contributed by atoms with van der Waals surface area (Å²) in [5, 5.41) is 21.6. The molecule has 3 rings (SSSR count). The number of amides is 1. The van der Waals surface area contributed by atoms with Crippen LogP contribution in [0.3, 0.4) is 0 Å². The van der Waals surface area contributed by atoms with Crippen molar-refractivity contribution >= 4 is 29.3 Å². The highest BCUT2D eigenvalue weighted by Crippen LogP contribution is 2.28. The number of carbonyl (C=O) groups excluding carboxylic acids is 1. The molecular weight excluding hydrogens is 458 g/mol. The van der Waals surface area contributed by atoms with E-state index in [4.69, 9.17) is 16.3 Å². The average Bonchev–Trinajstić information content (AvgIpc) is 3.21. The van der Waals surface area contributed by atoms with Gasteiger partial charge in [-0.15, -0.1) is 10.2 Å². The predicted molar refractivity (Wildman–Crippen MR) is 129 cm³/mol. The number of hydrogen-bond donors (Lipinski definition) is 1. The lowest BCUT2D eigenvalue weighted by atomic mass is 9.90. The van der Waals surface area contributed by atoms with Crippen molar-refractivity contribution < 1.29 is 9.53 Å². The van der Waals surface area contributed by atoms with Gasteiger partial charge in [0.05, 0.1) is 16.3 Å². The first-order valence-electron chi connectivity index (χ1n) is 10.5. The largest absolute Gasteiger partial charge is 0.484 e. The van der Waals surface area contributed by atoms with Crippen LogP contribution in [0.2, 0.25) is 5.02 Å². The van der Waals surface area contributed by atoms with Crippen LogP contribution in [0.25, 0.3) is 5.69 Å². The molecule has 172 valence electrons. The van der Waals surface area contributed by atoms with Crippen LogP contribution >= 0.6 is 23.4 Å². The number of hydrogen-bond acceptors (Lipinski definition) is 6. The zero-order valence-corrected chi connectivity index (χ0v) is 20.5. The van der Waals surface area contributed by atoms with Crippen molar-refractivity contribution in [3.05, 3.63) is 65.4 Å². The SMILES string of the molecule is CC(Sc1nnc(COc2ccccc2Cl)n1-c1ccccc1)C(=O)NC(C)(C#N)C(C)C. The zero-order valence-electron chi connectivity index (χ0n) is 18.9. The molecule has 0 saturated carbocycles. The number of nitrogens with one attached hydrogen (secondary N) is 1. The molecule has 7 nitrogen and oxygen atoms in total. The van der Waals surface area contributed by atoms with Crippen molar-refractivity contribution in [2.45, 2.75) is 50.2 Å². The molecule has 9 heteroatoms. The molecule has 33 heavy (non-hydrogen) atoms. The normalized spacial score (nSPS) is 13.7. The van der Waals surface area contributed by atoms with Crippen molar-refractivity contribution in [2.75, 3.05) is 0 Å². The first kappa shape index (κ1) is 24.6. The van der Waals surface area contributed by atoms with E-state index in [9.17, 15) is 10.1 Å². The Morgan fingerprint density at radius 3 is 2.48 bits per heavy atom. The monoisotopic (exact) mass is 483 g/mol. The zero-order chi connectivity index (χ0) is 24.0. The maximum absolute atomic E-state index is 12.8. The molecule has 0 radical (unpaired) electrons. The van der Waals surface area contributed by atoms with Gasteiger partial charge < -0.3 is 10.1 Å². The third-order valence-electron chi connectivity index (χ3n) is 5.33. The van der Waals surface area contributed by atoms with Gasteiger partial charge in [0.25, 0.3) is 0 Å². The molecule has 0 fully saturated rings. The Bertz CT molecular complexity index is 1150. The van der Waals surface area contributed by atoms with E-state index >= 15 is 0 Å². The van der Waals surface area contributed by atoms with Crippen LogP contribution in [0.1, 0.15) is 33.5 Å². The molecule has 1 aromatic heterocycles. The molecule has 2 atom stereocenters. The minimum atomic E-state index is -0.951. The number of carbonyl (C=O) groups is 1. The number of aromatic nitrogens is 3. The Hall–Kier alpha value is -3.02. The molecule has 0 saturated heterocycles. The fourth-order valence-electron chi connectivity index (χ4n) is 2.88. The molecule has 0 spiro atoms. The van der Waals surface area contributed by atoms with Crippen molar-refractivity contribution in [3.63, 3.8) is 0 Å². The van der Waals surface area contributed by atoms with Gasteiger partial charge >= 0.3 is 0 Å². The van der Waals surface area contributed by atoms with Gasteiger partial charge in [-0.05, 0) is 44.0 Å². The first-order chi connectivity index (χ1) is 15.7. The summed E-state index contributed by atoms with van der Waals surface area (Å²) in [6.45, 7) is 7.45. The van der Waals surface area contributed by atoms with Gasteiger partial charge in [-0.1, -0.05) is 67.5 Å². The summed E-state index contributed by atoms with van der Waals surface area (Å²) in [6.07, 6.45) is 0. The van der Waals surface area contributed by atoms with Gasteiger partial charge in [0, 0.05) is 5.69 Å². The second-order valence-electron chi connectivity index (χ2n) is 8.01. The van der Waals surface area contributed by atoms with Crippen LogP contribution in [-0.4, -0.2) is 31.5 Å². The van der Waals surface area contributed by atoms with Crippen LogP contribution in [0.15, 0.2) is 59.8 Å². The maximum Gasteiger partial charge on any atom is 0.234 e. The minimum Gasteiger partial charge on any atom is -0.484 e. The Kier molecular flexibility index (Phi) is 8.01. The highest BCUT2D eigenvalue weighted by atomic mass is 35.5. The second-order valence-corrected chi connectivity index (χ2v) is 9.72. The average molecular weight is 484 g/mol. The smallest absolute Gasteiger partial charge is 0.234 e. The number of benzene rings is 2. The summed E-state index contributed by atoms with van der Waals surface area (Å²) in [7, 11) is 0. The number of nitrogens with zero attached hydrogens (tertiary/aromatic N) is 4. The summed E-state index contributed by atoms with van der Waals surface area (Å²) in [5.41, 5.74) is -0.105. The fourth-order valence-corrected chi connectivity index (χ4v) is 3.96. The molecule has 1 heterocycles. The number of thioether (sulfide) groups is 1. The maximum atomic E-state index is 12.8. The molecule has 0 aliphatic carbocycles. The molecule has 2 aromatic carbocycles. The highest BCUT2D eigenvalue weighted by Gasteiger charge is 2.32. The topological polar surface area (TPSA) is 92.8 Å². The molecular formula is C24H26ClN5O2S. The van der Waals surface area contributed by atoms with E-state index in [1.54, 1.807) is 26.0 Å². The molecule has 0 aliphatic heterocycles. The van der Waals surface area contributed by atoms with Gasteiger partial charge in [0.1, 0.15) is 17.9 Å². The lowest BCUT2D eigenvalue weighted by Gasteiger charge is -2.28. The number of nitriles is 1. The second kappa shape index (κ2) is 10.7. The van der Waals surface area contributed by atoms with Gasteiger partial charge in [0.15, 0.2) is 11.0 Å². The Morgan fingerprint density at radius 2 is 1.85 bits per heavy atom. The quantitative estimate of drug-likeness (QED) is 0.429. The third kappa shape index (κ3) is 5.86. The molecule has 1 N–H and O–H groups in total. The van der Waals surface area contributed by atoms with Crippen molar-refractivity contribution in [2.24, 2.45) is 5.92 Å². The minimum absolute atomic E-state index is 0.0369. The van der Waals surface area contributed by atoms with E-state index in [0.29, 0.717) is 21.8 Å². The first-order valence-corrected chi connectivity index (χ1v) is 11.8. The van der Waals surface area contributed by atoms with E-state index in [0.717, 1.165) is 5.69 Å². The van der Waals surface area contributed by atoms with E-state index in [2.05, 4.69) is 21.6 Å². The van der Waals surface area contributed by atoms with E-state index in [-0.39, 0.29) is 18.4 Å². The van der Waals surface area contributed by atoms with Gasteiger partial charge in [-0.3, -0.25) is 9.36 Å². The lowest BCUT2D eigenvalue weighted by Crippen LogP contribution is -2.51. The Morgan fingerprint density at radius 1 is 1.18 bits per heavy atom. The van der Waals surface area contributed by atoms with Crippen LogP contribution in [0.4, 0.5) is 0 Å². The van der Waals surface area contributed by atoms with Crippen LogP contribution in [-0.2, 0) is 11.4 Å². The summed E-state index contributed by atoms with van der Waals surface area (Å²) in [6, 6.07) is 19.0. The van der Waals surface area contributed by atoms with E-state index in [1.807, 2.05) is 60.9 Å². The third-order valence-corrected chi connectivity index (χ3v) is 6.68. The summed E-state index contributed by atoms with van der Waals surface area (Å²) >= 11 is 7.47. The molecule has 0 bridgehead atoms. The summed E-state index contributed by atoms with van der Waals surface area (Å²) in [4.78, 5) is 12.8. The van der Waals surface area contributed by atoms with Crippen molar-refractivity contribution in [1.29, 1.82) is 5.26 Å². The van der Waals surface area contributed by atoms with Crippen molar-refractivity contribution in [3.8, 4) is 17.5 Å².